The Labute approximate surface area is 112 Å². The highest BCUT2D eigenvalue weighted by Crippen LogP contribution is 2.19. The van der Waals surface area contributed by atoms with Gasteiger partial charge >= 0.3 is 5.97 Å². The summed E-state index contributed by atoms with van der Waals surface area (Å²) in [5.41, 5.74) is 1.09. The predicted molar refractivity (Wildman–Crippen MR) is 72.8 cm³/mol. The second kappa shape index (κ2) is 7.82. The third-order valence-electron chi connectivity index (χ3n) is 2.52. The van der Waals surface area contributed by atoms with Gasteiger partial charge in [0.2, 0.25) is 0 Å². The number of carbonyl (C=O) groups is 1. The van der Waals surface area contributed by atoms with Crippen LogP contribution in [0.3, 0.4) is 0 Å². The summed E-state index contributed by atoms with van der Waals surface area (Å²) in [6.07, 6.45) is 0.00901. The van der Waals surface area contributed by atoms with Crippen molar-refractivity contribution in [3.05, 3.63) is 24.3 Å². The van der Waals surface area contributed by atoms with Crippen LogP contribution in [0, 0.1) is 0 Å². The number of rotatable bonds is 8. The standard InChI is InChI=1S/C13H18ClNO3/c1-2-15(9-8-14)11-3-5-12(6-4-11)18-10-7-13(16)17/h3-6H,2,7-10H2,1H3,(H,16,17). The highest BCUT2D eigenvalue weighted by molar-refractivity contribution is 6.18. The quantitative estimate of drug-likeness (QED) is 0.739. The van der Waals surface area contributed by atoms with Gasteiger partial charge in [0.15, 0.2) is 0 Å². The molecule has 100 valence electrons. The maximum atomic E-state index is 10.3. The molecular weight excluding hydrogens is 254 g/mol. The van der Waals surface area contributed by atoms with Crippen molar-refractivity contribution in [2.24, 2.45) is 0 Å². The second-order valence-electron chi connectivity index (χ2n) is 3.75. The summed E-state index contributed by atoms with van der Waals surface area (Å²) >= 11 is 5.73. The molecule has 0 aliphatic heterocycles. The van der Waals surface area contributed by atoms with Gasteiger partial charge < -0.3 is 14.7 Å². The molecule has 0 bridgehead atoms. The fourth-order valence-electron chi connectivity index (χ4n) is 1.58. The van der Waals surface area contributed by atoms with E-state index in [2.05, 4.69) is 11.8 Å². The molecule has 1 aromatic carbocycles. The largest absolute Gasteiger partial charge is 0.493 e. The number of hydrogen-bond donors (Lipinski definition) is 1. The number of nitrogens with zero attached hydrogens (tertiary/aromatic N) is 1. The Balaban J connectivity index is 2.53. The SMILES string of the molecule is CCN(CCCl)c1ccc(OCCC(=O)O)cc1. The van der Waals surface area contributed by atoms with E-state index < -0.39 is 5.97 Å². The first kappa shape index (κ1) is 14.6. The summed E-state index contributed by atoms with van der Waals surface area (Å²) in [6, 6.07) is 7.58. The number of anilines is 1. The van der Waals surface area contributed by atoms with E-state index in [4.69, 9.17) is 21.4 Å². The number of benzene rings is 1. The van der Waals surface area contributed by atoms with Crippen molar-refractivity contribution in [3.8, 4) is 5.75 Å². The summed E-state index contributed by atoms with van der Waals surface area (Å²) in [4.78, 5) is 12.5. The summed E-state index contributed by atoms with van der Waals surface area (Å²) in [5.74, 6) is 0.415. The first-order valence-corrected chi connectivity index (χ1v) is 6.46. The molecule has 0 saturated heterocycles. The average Bonchev–Trinajstić information content (AvgIpc) is 2.36. The third-order valence-corrected chi connectivity index (χ3v) is 2.69. The summed E-state index contributed by atoms with van der Waals surface area (Å²) in [5, 5.41) is 8.50. The van der Waals surface area contributed by atoms with Crippen LogP contribution in [0.15, 0.2) is 24.3 Å². The van der Waals surface area contributed by atoms with Crippen LogP contribution in [0.25, 0.3) is 0 Å². The Morgan fingerprint density at radius 1 is 1.39 bits per heavy atom. The van der Waals surface area contributed by atoms with Crippen LogP contribution in [0.2, 0.25) is 0 Å². The van der Waals surface area contributed by atoms with E-state index in [1.54, 1.807) is 0 Å². The van der Waals surface area contributed by atoms with Gasteiger partial charge in [-0.15, -0.1) is 11.6 Å². The van der Waals surface area contributed by atoms with E-state index in [-0.39, 0.29) is 13.0 Å². The molecule has 0 radical (unpaired) electrons. The first-order valence-electron chi connectivity index (χ1n) is 5.93. The number of hydrogen-bond acceptors (Lipinski definition) is 3. The minimum absolute atomic E-state index is 0.00901. The van der Waals surface area contributed by atoms with E-state index in [0.29, 0.717) is 11.6 Å². The summed E-state index contributed by atoms with van der Waals surface area (Å²) in [6.45, 7) is 3.96. The van der Waals surface area contributed by atoms with E-state index in [0.717, 1.165) is 18.8 Å². The molecule has 0 aromatic heterocycles. The Morgan fingerprint density at radius 2 is 2.06 bits per heavy atom. The zero-order valence-corrected chi connectivity index (χ0v) is 11.2. The van der Waals surface area contributed by atoms with Crippen molar-refractivity contribution >= 4 is 23.3 Å². The van der Waals surface area contributed by atoms with Gasteiger partial charge in [-0.2, -0.15) is 0 Å². The van der Waals surface area contributed by atoms with Gasteiger partial charge in [0, 0.05) is 24.7 Å². The second-order valence-corrected chi connectivity index (χ2v) is 4.13. The molecule has 1 rings (SSSR count). The molecule has 0 aliphatic rings. The molecule has 18 heavy (non-hydrogen) atoms. The minimum Gasteiger partial charge on any atom is -0.493 e. The Bertz CT molecular complexity index is 367. The van der Waals surface area contributed by atoms with Crippen molar-refractivity contribution in [2.75, 3.05) is 30.5 Å². The van der Waals surface area contributed by atoms with Crippen molar-refractivity contribution in [3.63, 3.8) is 0 Å². The number of carboxylic acids is 1. The van der Waals surface area contributed by atoms with Crippen molar-refractivity contribution in [1.82, 2.24) is 0 Å². The van der Waals surface area contributed by atoms with Crippen LogP contribution in [-0.2, 0) is 4.79 Å². The molecule has 0 saturated carbocycles. The Hall–Kier alpha value is -1.42. The molecule has 0 fully saturated rings. The van der Waals surface area contributed by atoms with Gasteiger partial charge in [-0.3, -0.25) is 4.79 Å². The Kier molecular flexibility index (Phi) is 6.36. The van der Waals surface area contributed by atoms with E-state index in [9.17, 15) is 4.79 Å². The number of ether oxygens (including phenoxy) is 1. The molecule has 4 nitrogen and oxygen atoms in total. The fraction of sp³-hybridized carbons (Fsp3) is 0.462. The average molecular weight is 272 g/mol. The lowest BCUT2D eigenvalue weighted by Gasteiger charge is -2.22. The van der Waals surface area contributed by atoms with Gasteiger partial charge in [-0.25, -0.2) is 0 Å². The lowest BCUT2D eigenvalue weighted by Crippen LogP contribution is -2.24. The van der Waals surface area contributed by atoms with Crippen LogP contribution in [0.4, 0.5) is 5.69 Å². The van der Waals surface area contributed by atoms with Gasteiger partial charge in [0.25, 0.3) is 0 Å². The van der Waals surface area contributed by atoms with Crippen molar-refractivity contribution in [1.29, 1.82) is 0 Å². The summed E-state index contributed by atoms with van der Waals surface area (Å²) in [7, 11) is 0. The van der Waals surface area contributed by atoms with Crippen LogP contribution in [0.5, 0.6) is 5.75 Å². The molecule has 0 spiro atoms. The van der Waals surface area contributed by atoms with Gasteiger partial charge in [-0.05, 0) is 31.2 Å². The molecule has 0 unspecified atom stereocenters. The van der Waals surface area contributed by atoms with Crippen molar-refractivity contribution < 1.29 is 14.6 Å². The zero-order chi connectivity index (χ0) is 13.4. The monoisotopic (exact) mass is 271 g/mol. The third kappa shape index (κ3) is 4.84. The van der Waals surface area contributed by atoms with E-state index >= 15 is 0 Å². The lowest BCUT2D eigenvalue weighted by molar-refractivity contribution is -0.137. The molecule has 0 atom stereocenters. The number of halogens is 1. The van der Waals surface area contributed by atoms with E-state index in [1.807, 2.05) is 24.3 Å². The highest BCUT2D eigenvalue weighted by atomic mass is 35.5. The highest BCUT2D eigenvalue weighted by Gasteiger charge is 2.04. The first-order chi connectivity index (χ1) is 8.67. The van der Waals surface area contributed by atoms with Crippen molar-refractivity contribution in [2.45, 2.75) is 13.3 Å². The molecule has 0 amide bonds. The Morgan fingerprint density at radius 3 is 2.56 bits per heavy atom. The number of carboxylic acid groups (broad SMARTS) is 1. The molecule has 0 aliphatic carbocycles. The number of aliphatic carboxylic acids is 1. The maximum Gasteiger partial charge on any atom is 0.306 e. The van der Waals surface area contributed by atoms with Crippen LogP contribution < -0.4 is 9.64 Å². The maximum absolute atomic E-state index is 10.3. The topological polar surface area (TPSA) is 49.8 Å². The molecule has 1 aromatic rings. The molecular formula is C13H18ClNO3. The summed E-state index contributed by atoms with van der Waals surface area (Å²) < 4.78 is 5.32. The minimum atomic E-state index is -0.856. The predicted octanol–water partition coefficient (Wildman–Crippen LogP) is 2.61. The van der Waals surface area contributed by atoms with Gasteiger partial charge in [0.05, 0.1) is 13.0 Å². The van der Waals surface area contributed by atoms with Crippen LogP contribution in [0.1, 0.15) is 13.3 Å². The fourth-order valence-corrected chi connectivity index (χ4v) is 1.79. The molecule has 0 heterocycles. The van der Waals surface area contributed by atoms with Gasteiger partial charge in [0.1, 0.15) is 5.75 Å². The molecule has 1 N–H and O–H groups in total. The number of alkyl halides is 1. The van der Waals surface area contributed by atoms with Crippen LogP contribution in [-0.4, -0.2) is 36.7 Å². The lowest BCUT2D eigenvalue weighted by atomic mass is 10.2. The molecule has 5 heteroatoms. The smallest absolute Gasteiger partial charge is 0.306 e. The van der Waals surface area contributed by atoms with Crippen LogP contribution >= 0.6 is 11.6 Å². The van der Waals surface area contributed by atoms with E-state index in [1.165, 1.54) is 0 Å². The zero-order valence-electron chi connectivity index (χ0n) is 10.4. The van der Waals surface area contributed by atoms with Gasteiger partial charge in [-0.1, -0.05) is 0 Å². The normalized spacial score (nSPS) is 10.1.